The number of carbonyl (C=O) groups excluding carboxylic acids is 1. The van der Waals surface area contributed by atoms with Crippen LogP contribution >= 0.6 is 0 Å². The first-order chi connectivity index (χ1) is 9.61. The van der Waals surface area contributed by atoms with Crippen molar-refractivity contribution in [3.05, 3.63) is 23.8 Å². The van der Waals surface area contributed by atoms with Gasteiger partial charge in [0.1, 0.15) is 11.3 Å². The van der Waals surface area contributed by atoms with Gasteiger partial charge in [-0.3, -0.25) is 10.2 Å². The minimum absolute atomic E-state index is 0.212. The zero-order valence-corrected chi connectivity index (χ0v) is 12.1. The van der Waals surface area contributed by atoms with Crippen LogP contribution in [0.1, 0.15) is 17.3 Å². The summed E-state index contributed by atoms with van der Waals surface area (Å²) >= 11 is 0. The van der Waals surface area contributed by atoms with E-state index in [1.54, 1.807) is 18.2 Å². The van der Waals surface area contributed by atoms with Crippen LogP contribution in [0.25, 0.3) is 0 Å². The number of nitrogen functional groups attached to an aromatic ring is 1. The molecule has 3 N–H and O–H groups in total. The molecule has 6 heteroatoms. The van der Waals surface area contributed by atoms with Gasteiger partial charge in [0.15, 0.2) is 0 Å². The smallest absolute Gasteiger partial charge is 0.271 e. The lowest BCUT2D eigenvalue weighted by Crippen LogP contribution is -2.52. The molecule has 0 saturated carbocycles. The lowest BCUT2D eigenvalue weighted by atomic mass is 10.1. The number of amides is 1. The van der Waals surface area contributed by atoms with Crippen LogP contribution in [-0.4, -0.2) is 55.6 Å². The molecule has 0 aromatic heterocycles. The summed E-state index contributed by atoms with van der Waals surface area (Å²) in [6.07, 6.45) is 0. The average molecular weight is 278 g/mol. The molecule has 0 radical (unpaired) electrons. The van der Waals surface area contributed by atoms with Gasteiger partial charge in [-0.15, -0.1) is 0 Å². The van der Waals surface area contributed by atoms with E-state index in [2.05, 4.69) is 17.4 Å². The van der Waals surface area contributed by atoms with E-state index in [-0.39, 0.29) is 5.91 Å². The topological polar surface area (TPSA) is 70.8 Å². The second-order valence-corrected chi connectivity index (χ2v) is 4.88. The van der Waals surface area contributed by atoms with Gasteiger partial charge < -0.3 is 15.4 Å². The van der Waals surface area contributed by atoms with E-state index in [1.807, 2.05) is 11.9 Å². The highest BCUT2D eigenvalue weighted by molar-refractivity contribution is 6.01. The summed E-state index contributed by atoms with van der Waals surface area (Å²) < 4.78 is 5.48. The molecule has 0 bridgehead atoms. The number of rotatable bonds is 4. The van der Waals surface area contributed by atoms with E-state index >= 15 is 0 Å². The second-order valence-electron chi connectivity index (χ2n) is 4.88. The molecule has 1 fully saturated rings. The lowest BCUT2D eigenvalue weighted by Gasteiger charge is -2.32. The van der Waals surface area contributed by atoms with Crippen molar-refractivity contribution in [2.45, 2.75) is 6.92 Å². The fourth-order valence-electron chi connectivity index (χ4n) is 2.18. The molecule has 1 amide bonds. The van der Waals surface area contributed by atoms with Crippen molar-refractivity contribution in [1.29, 1.82) is 0 Å². The van der Waals surface area contributed by atoms with Crippen LogP contribution in [0.15, 0.2) is 18.2 Å². The third kappa shape index (κ3) is 3.40. The number of nitrogens with two attached hydrogens (primary N) is 1. The molecular formula is C14H22N4O2. The lowest BCUT2D eigenvalue weighted by molar-refractivity contribution is 0.0660. The van der Waals surface area contributed by atoms with Gasteiger partial charge in [0, 0.05) is 31.9 Å². The molecule has 110 valence electrons. The first kappa shape index (κ1) is 14.6. The molecule has 1 heterocycles. The Balaban J connectivity index is 2.08. The first-order valence-corrected chi connectivity index (χ1v) is 6.87. The Hall–Kier alpha value is -1.79. The maximum atomic E-state index is 12.4. The third-order valence-electron chi connectivity index (χ3n) is 3.35. The zero-order valence-electron chi connectivity index (χ0n) is 12.1. The summed E-state index contributed by atoms with van der Waals surface area (Å²) in [6.45, 7) is 5.85. The largest absolute Gasteiger partial charge is 0.493 e. The molecule has 1 aromatic rings. The quantitative estimate of drug-likeness (QED) is 0.788. The van der Waals surface area contributed by atoms with Crippen LogP contribution in [0.2, 0.25) is 0 Å². The Morgan fingerprint density at radius 1 is 1.35 bits per heavy atom. The number of anilines is 1. The fourth-order valence-corrected chi connectivity index (χ4v) is 2.18. The Kier molecular flexibility index (Phi) is 4.81. The summed E-state index contributed by atoms with van der Waals surface area (Å²) in [5.41, 5.74) is 9.66. The molecule has 1 saturated heterocycles. The number of likely N-dealkylation sites (N-methyl/N-ethyl adjacent to an activating group) is 1. The summed E-state index contributed by atoms with van der Waals surface area (Å²) in [7, 11) is 2.07. The van der Waals surface area contributed by atoms with E-state index in [1.165, 1.54) is 0 Å². The summed E-state index contributed by atoms with van der Waals surface area (Å²) in [5, 5.41) is 1.92. The van der Waals surface area contributed by atoms with E-state index in [0.717, 1.165) is 26.2 Å². The molecule has 6 nitrogen and oxygen atoms in total. The van der Waals surface area contributed by atoms with Crippen molar-refractivity contribution in [3.63, 3.8) is 0 Å². The highest BCUT2D eigenvalue weighted by Crippen LogP contribution is 2.24. The first-order valence-electron chi connectivity index (χ1n) is 6.87. The monoisotopic (exact) mass is 278 g/mol. The Labute approximate surface area is 119 Å². The van der Waals surface area contributed by atoms with Crippen molar-refractivity contribution < 1.29 is 9.53 Å². The number of hydrogen-bond donors (Lipinski definition) is 2. The molecule has 2 rings (SSSR count). The molecule has 0 unspecified atom stereocenters. The number of nitrogens with one attached hydrogen (secondary N) is 1. The predicted octanol–water partition coefficient (Wildman–Crippen LogP) is 0.560. The minimum atomic E-state index is -0.212. The number of benzene rings is 1. The SMILES string of the molecule is CCOc1cccc(N)c1C(=O)NN1CCN(C)CC1. The molecule has 20 heavy (non-hydrogen) atoms. The standard InChI is InChI=1S/C14H22N4O2/c1-3-20-12-6-4-5-11(15)13(12)14(19)16-18-9-7-17(2)8-10-18/h4-6H,3,7-10,15H2,1-2H3,(H,16,19). The van der Waals surface area contributed by atoms with Crippen LogP contribution in [0.4, 0.5) is 5.69 Å². The van der Waals surface area contributed by atoms with Crippen LogP contribution in [0.5, 0.6) is 5.75 Å². The fraction of sp³-hybridized carbons (Fsp3) is 0.500. The number of carbonyl (C=O) groups is 1. The van der Waals surface area contributed by atoms with Gasteiger partial charge in [0.2, 0.25) is 0 Å². The number of piperazine rings is 1. The molecular weight excluding hydrogens is 256 g/mol. The molecule has 0 aliphatic carbocycles. The molecule has 0 spiro atoms. The molecule has 1 aliphatic rings. The summed E-state index contributed by atoms with van der Waals surface area (Å²) in [6, 6.07) is 5.26. The number of hydrazine groups is 1. The maximum Gasteiger partial charge on any atom is 0.271 e. The molecule has 1 aliphatic heterocycles. The molecule has 0 atom stereocenters. The Morgan fingerprint density at radius 3 is 2.70 bits per heavy atom. The van der Waals surface area contributed by atoms with Crippen molar-refractivity contribution in [3.8, 4) is 5.75 Å². The van der Waals surface area contributed by atoms with Crippen molar-refractivity contribution in [1.82, 2.24) is 15.3 Å². The average Bonchev–Trinajstić information content (AvgIpc) is 2.42. The van der Waals surface area contributed by atoms with Crippen LogP contribution in [0, 0.1) is 0 Å². The van der Waals surface area contributed by atoms with Crippen molar-refractivity contribution in [2.75, 3.05) is 45.6 Å². The van der Waals surface area contributed by atoms with E-state index in [4.69, 9.17) is 10.5 Å². The van der Waals surface area contributed by atoms with E-state index in [9.17, 15) is 4.79 Å². The third-order valence-corrected chi connectivity index (χ3v) is 3.35. The number of nitrogens with zero attached hydrogens (tertiary/aromatic N) is 2. The molecule has 1 aromatic carbocycles. The predicted molar refractivity (Wildman–Crippen MR) is 78.6 cm³/mol. The van der Waals surface area contributed by atoms with Crippen molar-refractivity contribution >= 4 is 11.6 Å². The van der Waals surface area contributed by atoms with Crippen LogP contribution in [-0.2, 0) is 0 Å². The normalized spacial score (nSPS) is 16.9. The van der Waals surface area contributed by atoms with Gasteiger partial charge in [-0.1, -0.05) is 6.07 Å². The zero-order chi connectivity index (χ0) is 14.5. The van der Waals surface area contributed by atoms with Gasteiger partial charge in [-0.2, -0.15) is 0 Å². The Morgan fingerprint density at radius 2 is 2.05 bits per heavy atom. The second kappa shape index (κ2) is 6.58. The maximum absolute atomic E-state index is 12.4. The van der Waals surface area contributed by atoms with Gasteiger partial charge in [0.05, 0.1) is 6.61 Å². The highest BCUT2D eigenvalue weighted by Gasteiger charge is 2.20. The van der Waals surface area contributed by atoms with Crippen molar-refractivity contribution in [2.24, 2.45) is 0 Å². The summed E-state index contributed by atoms with van der Waals surface area (Å²) in [4.78, 5) is 14.6. The van der Waals surface area contributed by atoms with Gasteiger partial charge in [0.25, 0.3) is 5.91 Å². The van der Waals surface area contributed by atoms with E-state index in [0.29, 0.717) is 23.6 Å². The highest BCUT2D eigenvalue weighted by atomic mass is 16.5. The number of ether oxygens (including phenoxy) is 1. The van der Waals surface area contributed by atoms with E-state index < -0.39 is 0 Å². The van der Waals surface area contributed by atoms with Gasteiger partial charge in [-0.25, -0.2) is 5.01 Å². The number of hydrogen-bond acceptors (Lipinski definition) is 5. The summed E-state index contributed by atoms with van der Waals surface area (Å²) in [5.74, 6) is 0.315. The minimum Gasteiger partial charge on any atom is -0.493 e. The van der Waals surface area contributed by atoms with Crippen LogP contribution in [0.3, 0.4) is 0 Å². The van der Waals surface area contributed by atoms with Crippen LogP contribution < -0.4 is 15.9 Å². The van der Waals surface area contributed by atoms with Gasteiger partial charge >= 0.3 is 0 Å². The van der Waals surface area contributed by atoms with Gasteiger partial charge in [-0.05, 0) is 26.1 Å². The Bertz CT molecular complexity index is 470.